The van der Waals surface area contributed by atoms with Gasteiger partial charge in [-0.1, -0.05) is 111 Å². The van der Waals surface area contributed by atoms with Gasteiger partial charge in [-0.15, -0.1) is 0 Å². The first-order chi connectivity index (χ1) is 20.7. The molecule has 0 spiro atoms. The van der Waals surface area contributed by atoms with Gasteiger partial charge in [0.25, 0.3) is 0 Å². The summed E-state index contributed by atoms with van der Waals surface area (Å²) >= 11 is 0. The van der Waals surface area contributed by atoms with Gasteiger partial charge < -0.3 is 24.6 Å². The fraction of sp³-hybridized carbons (Fsp3) is 0.242. The largest absolute Gasteiger partial charge is 0.508 e. The second kappa shape index (κ2) is 13.7. The average Bonchev–Trinajstić information content (AvgIpc) is 3.03. The molecule has 9 nitrogen and oxygen atoms in total. The maximum absolute atomic E-state index is 14.1. The fourth-order valence-corrected chi connectivity index (χ4v) is 10.0. The summed E-state index contributed by atoms with van der Waals surface area (Å²) in [6.45, 7) is 2.32. The van der Waals surface area contributed by atoms with E-state index >= 15 is 0 Å². The lowest BCUT2D eigenvalue weighted by molar-refractivity contribution is -0.163. The molecule has 1 fully saturated rings. The average molecular weight is 604 g/mol. The lowest BCUT2D eigenvalue weighted by atomic mass is 9.75. The predicted octanol–water partition coefficient (Wildman–Crippen LogP) is 2.95. The molecule has 0 aliphatic carbocycles. The summed E-state index contributed by atoms with van der Waals surface area (Å²) in [6.07, 6.45) is -0.727. The summed E-state index contributed by atoms with van der Waals surface area (Å²) < 4.78 is 10.3. The number of aliphatic hydroxyl groups is 1. The van der Waals surface area contributed by atoms with Crippen molar-refractivity contribution in [1.82, 2.24) is 4.90 Å². The molecule has 3 aromatic carbocycles. The van der Waals surface area contributed by atoms with E-state index < -0.39 is 61.3 Å². The van der Waals surface area contributed by atoms with Gasteiger partial charge in [-0.25, -0.2) is 9.59 Å². The van der Waals surface area contributed by atoms with Crippen LogP contribution in [0.1, 0.15) is 13.8 Å². The molecule has 0 unspecified atom stereocenters. The first-order valence-electron chi connectivity index (χ1n) is 13.8. The Bertz CT molecular complexity index is 1440. The maximum Gasteiger partial charge on any atom is 0.508 e. The molecule has 1 saturated heterocycles. The molecule has 1 heterocycles. The molecule has 43 heavy (non-hydrogen) atoms. The molecule has 3 aromatic rings. The van der Waals surface area contributed by atoms with Gasteiger partial charge in [-0.2, -0.15) is 0 Å². The number of Topliss-reactive ketones (excluding diaryl/α,β-unsaturated/α-hetero) is 1. The quantitative estimate of drug-likeness (QED) is 0.140. The van der Waals surface area contributed by atoms with Gasteiger partial charge in [-0.05, 0) is 22.8 Å². The van der Waals surface area contributed by atoms with Gasteiger partial charge in [0.2, 0.25) is 5.91 Å². The van der Waals surface area contributed by atoms with Crippen molar-refractivity contribution < 1.29 is 38.9 Å². The Morgan fingerprint density at radius 3 is 1.77 bits per heavy atom. The standard InChI is InChI=1S/C33H34NO8P/c1-4-20-41-33(40)42-23(3)28-29(22(2)27(36)21-35)34(30(28)37)31(32(38)39)43(24-14-8-5-9-15-24,25-16-10-6-11-17-25)26-18-12-7-13-19-26/h4-19,22-23,28-29,35H,1,20-21H2,2-3H3,(H,38,39)/t22-,23+,28+,29+/m0/s1. The van der Waals surface area contributed by atoms with E-state index in [1.54, 1.807) is 0 Å². The normalized spacial score (nSPS) is 17.7. The smallest absolute Gasteiger partial charge is 0.477 e. The minimum Gasteiger partial charge on any atom is -0.477 e. The highest BCUT2D eigenvalue weighted by Crippen LogP contribution is 2.50. The van der Waals surface area contributed by atoms with Gasteiger partial charge in [-0.3, -0.25) is 9.59 Å². The highest BCUT2D eigenvalue weighted by Gasteiger charge is 2.58. The number of carboxylic acids is 1. The Hall–Kier alpha value is -4.46. The van der Waals surface area contributed by atoms with Gasteiger partial charge >= 0.3 is 12.1 Å². The molecule has 0 bridgehead atoms. The highest BCUT2D eigenvalue weighted by atomic mass is 31.2. The van der Waals surface area contributed by atoms with Crippen LogP contribution in [-0.4, -0.2) is 69.7 Å². The SMILES string of the molecule is C=CCOC(=O)O[C@H](C)[C@H]1C(=O)N(C(C(=O)O)=P(c2ccccc2)(c2ccccc2)c2ccccc2)[C@@H]1[C@@H](C)C(=O)CO. The van der Waals surface area contributed by atoms with Crippen LogP contribution in [0.5, 0.6) is 0 Å². The van der Waals surface area contributed by atoms with Crippen molar-refractivity contribution in [2.75, 3.05) is 13.2 Å². The van der Waals surface area contributed by atoms with E-state index in [2.05, 4.69) is 6.58 Å². The van der Waals surface area contributed by atoms with Crippen LogP contribution in [0.25, 0.3) is 0 Å². The van der Waals surface area contributed by atoms with Crippen molar-refractivity contribution in [3.63, 3.8) is 0 Å². The lowest BCUT2D eigenvalue weighted by Gasteiger charge is -2.52. The van der Waals surface area contributed by atoms with Gasteiger partial charge in [0, 0.05) is 12.8 Å². The minimum absolute atomic E-state index is 0.103. The van der Waals surface area contributed by atoms with E-state index in [1.807, 2.05) is 91.0 Å². The maximum atomic E-state index is 14.1. The molecule has 4 atom stereocenters. The highest BCUT2D eigenvalue weighted by molar-refractivity contribution is 7.96. The number of benzene rings is 3. The number of amides is 1. The molecule has 0 radical (unpaired) electrons. The molecular weight excluding hydrogens is 569 g/mol. The Balaban J connectivity index is 2.05. The number of aliphatic hydroxyl groups excluding tert-OH is 1. The molecule has 224 valence electrons. The lowest BCUT2D eigenvalue weighted by Crippen LogP contribution is -2.71. The number of β-lactam (4-membered cyclic amide) rings is 1. The molecule has 4 rings (SSSR count). The van der Waals surface area contributed by atoms with Gasteiger partial charge in [0.05, 0.1) is 12.0 Å². The van der Waals surface area contributed by atoms with Crippen molar-refractivity contribution in [2.24, 2.45) is 11.8 Å². The van der Waals surface area contributed by atoms with Crippen molar-refractivity contribution in [1.29, 1.82) is 0 Å². The van der Waals surface area contributed by atoms with Crippen LogP contribution in [0.15, 0.2) is 104 Å². The third kappa shape index (κ3) is 5.91. The van der Waals surface area contributed by atoms with Crippen LogP contribution < -0.4 is 15.9 Å². The number of ether oxygens (including phenoxy) is 2. The summed E-state index contributed by atoms with van der Waals surface area (Å²) in [5.74, 6) is -4.58. The van der Waals surface area contributed by atoms with Crippen LogP contribution in [0.2, 0.25) is 0 Å². The Labute approximate surface area is 250 Å². The predicted molar refractivity (Wildman–Crippen MR) is 165 cm³/mol. The van der Waals surface area contributed by atoms with E-state index in [4.69, 9.17) is 9.47 Å². The number of nitrogens with zero attached hydrogens (tertiary/aromatic N) is 1. The number of hydrogen-bond donors (Lipinski definition) is 2. The number of rotatable bonds is 12. The topological polar surface area (TPSA) is 130 Å². The third-order valence-corrected chi connectivity index (χ3v) is 11.9. The number of carboxylic acid groups (broad SMARTS) is 1. The zero-order chi connectivity index (χ0) is 31.1. The number of aliphatic carboxylic acids is 1. The molecule has 2 N–H and O–H groups in total. The van der Waals surface area contributed by atoms with Crippen LogP contribution in [-0.2, 0) is 23.9 Å². The number of likely N-dealkylation sites (tertiary alicyclic amines) is 1. The summed E-state index contributed by atoms with van der Waals surface area (Å²) in [6, 6.07) is 26.4. The first kappa shape index (κ1) is 31.5. The fourth-order valence-electron chi connectivity index (χ4n) is 5.69. The monoisotopic (exact) mass is 603 g/mol. The second-order valence-electron chi connectivity index (χ2n) is 10.1. The minimum atomic E-state index is -3.29. The van der Waals surface area contributed by atoms with E-state index in [0.717, 1.165) is 0 Å². The van der Waals surface area contributed by atoms with Crippen LogP contribution in [0, 0.1) is 11.8 Å². The van der Waals surface area contributed by atoms with Crippen LogP contribution >= 0.6 is 6.89 Å². The van der Waals surface area contributed by atoms with E-state index in [1.165, 1.54) is 24.8 Å². The summed E-state index contributed by atoms with van der Waals surface area (Å²) in [4.78, 5) is 54.1. The van der Waals surface area contributed by atoms with Crippen molar-refractivity contribution in [3.8, 4) is 0 Å². The molecular formula is C33H34NO8P. The Morgan fingerprint density at radius 1 is 0.907 bits per heavy atom. The first-order valence-corrected chi connectivity index (χ1v) is 15.6. The summed E-state index contributed by atoms with van der Waals surface area (Å²) in [5.41, 5.74) is -0.179. The molecule has 1 aliphatic rings. The summed E-state index contributed by atoms with van der Waals surface area (Å²) in [5, 5.41) is 22.9. The second-order valence-corrected chi connectivity index (χ2v) is 13.4. The van der Waals surface area contributed by atoms with Gasteiger partial charge in [0.1, 0.15) is 24.7 Å². The molecule has 0 saturated carbocycles. The van der Waals surface area contributed by atoms with Crippen molar-refractivity contribution >= 4 is 52.0 Å². The zero-order valence-corrected chi connectivity index (χ0v) is 24.8. The number of ketones is 1. The van der Waals surface area contributed by atoms with E-state index in [0.29, 0.717) is 15.9 Å². The zero-order valence-electron chi connectivity index (χ0n) is 23.9. The van der Waals surface area contributed by atoms with Crippen molar-refractivity contribution in [2.45, 2.75) is 26.0 Å². The number of carbonyl (C=O) groups excluding carboxylic acids is 3. The third-order valence-electron chi connectivity index (χ3n) is 7.64. The molecule has 1 amide bonds. The Kier molecular flexibility index (Phi) is 10.0. The van der Waals surface area contributed by atoms with Crippen LogP contribution in [0.4, 0.5) is 4.79 Å². The van der Waals surface area contributed by atoms with E-state index in [-0.39, 0.29) is 12.0 Å². The van der Waals surface area contributed by atoms with Crippen molar-refractivity contribution in [3.05, 3.63) is 104 Å². The molecule has 10 heteroatoms. The van der Waals surface area contributed by atoms with Gasteiger partial charge in [0.15, 0.2) is 5.78 Å². The summed E-state index contributed by atoms with van der Waals surface area (Å²) in [7, 11) is 0. The Morgan fingerprint density at radius 2 is 1.37 bits per heavy atom. The number of carbonyl (C=O) groups is 4. The molecule has 1 aliphatic heterocycles. The molecule has 0 aromatic heterocycles. The van der Waals surface area contributed by atoms with Crippen LogP contribution in [0.3, 0.4) is 0 Å². The van der Waals surface area contributed by atoms with E-state index in [9.17, 15) is 29.4 Å². The number of hydrogen-bond acceptors (Lipinski definition) is 7.